The van der Waals surface area contributed by atoms with Crippen LogP contribution in [0.5, 0.6) is 11.5 Å². The minimum absolute atomic E-state index is 0.0267. The Morgan fingerprint density at radius 1 is 1.36 bits per heavy atom. The van der Waals surface area contributed by atoms with E-state index in [1.807, 2.05) is 44.2 Å². The Labute approximate surface area is 166 Å². The number of nitrogen functional groups attached to an aromatic ring is 1. The predicted octanol–water partition coefficient (Wildman–Crippen LogP) is 2.62. The van der Waals surface area contributed by atoms with Gasteiger partial charge in [0.05, 0.1) is 12.3 Å². The van der Waals surface area contributed by atoms with Crippen LogP contribution in [0.1, 0.15) is 21.7 Å². The third-order valence-electron chi connectivity index (χ3n) is 4.64. The number of H-pyrrole nitrogens is 1. The number of aromatic amines is 1. The second kappa shape index (κ2) is 7.59. The van der Waals surface area contributed by atoms with Gasteiger partial charge in [-0.25, -0.2) is 5.10 Å². The van der Waals surface area contributed by atoms with Gasteiger partial charge in [-0.3, -0.25) is 4.79 Å². The average Bonchev–Trinajstić information content (AvgIpc) is 3.24. The minimum atomic E-state index is -0.117. The molecule has 8 nitrogen and oxygen atoms in total. The topological polar surface area (TPSA) is 108 Å². The van der Waals surface area contributed by atoms with E-state index in [1.54, 1.807) is 0 Å². The first-order valence-electron chi connectivity index (χ1n) is 8.90. The quantitative estimate of drug-likeness (QED) is 0.484. The van der Waals surface area contributed by atoms with Crippen molar-refractivity contribution in [2.75, 3.05) is 18.1 Å². The van der Waals surface area contributed by atoms with Gasteiger partial charge >= 0.3 is 0 Å². The van der Waals surface area contributed by atoms with Crippen LogP contribution in [0.15, 0.2) is 35.5 Å². The number of thioether (sulfide) groups is 1. The number of rotatable bonds is 6. The summed E-state index contributed by atoms with van der Waals surface area (Å²) in [5.41, 5.74) is 8.14. The van der Waals surface area contributed by atoms with Gasteiger partial charge in [-0.2, -0.15) is 4.98 Å². The number of hydrogen-bond donors (Lipinski definition) is 2. The Bertz CT molecular complexity index is 1010. The van der Waals surface area contributed by atoms with Gasteiger partial charge in [0.2, 0.25) is 11.1 Å². The lowest BCUT2D eigenvalue weighted by atomic mass is 10.2. The van der Waals surface area contributed by atoms with Gasteiger partial charge in [0.1, 0.15) is 6.61 Å². The second-order valence-corrected chi connectivity index (χ2v) is 7.55. The first kappa shape index (κ1) is 18.4. The molecule has 3 aromatic rings. The Morgan fingerprint density at radius 2 is 2.14 bits per heavy atom. The van der Waals surface area contributed by atoms with E-state index in [9.17, 15) is 4.79 Å². The molecule has 0 spiro atoms. The molecule has 0 fully saturated rings. The fraction of sp³-hybridized carbons (Fsp3) is 0.316. The molecular formula is C19H21N5O3S. The van der Waals surface area contributed by atoms with Gasteiger partial charge in [-0.15, -0.1) is 5.10 Å². The highest BCUT2D eigenvalue weighted by Gasteiger charge is 2.24. The standard InChI is InChI=1S/C19H21N5O3S/c1-11-7-14(15(25)10-28-19-21-18(20)22-23-19)12(2)24(11)8-13-9-26-16-5-3-4-6-17(16)27-13/h3-7,13H,8-10H2,1-2H3,(H3,20,21,22,23)/t13-/m1/s1. The molecular weight excluding hydrogens is 378 g/mol. The number of nitrogens with two attached hydrogens (primary N) is 1. The smallest absolute Gasteiger partial charge is 0.216 e. The molecule has 3 heterocycles. The van der Waals surface area contributed by atoms with Gasteiger partial charge in [0.25, 0.3) is 0 Å². The van der Waals surface area contributed by atoms with Crippen molar-refractivity contribution in [3.8, 4) is 11.5 Å². The van der Waals surface area contributed by atoms with Gasteiger partial charge in [0, 0.05) is 17.0 Å². The molecule has 4 rings (SSSR count). The molecule has 2 aromatic heterocycles. The van der Waals surface area contributed by atoms with Gasteiger partial charge in [-0.1, -0.05) is 23.9 Å². The van der Waals surface area contributed by atoms with Crippen molar-refractivity contribution in [2.24, 2.45) is 0 Å². The van der Waals surface area contributed by atoms with Crippen LogP contribution >= 0.6 is 11.8 Å². The van der Waals surface area contributed by atoms with E-state index in [1.165, 1.54) is 11.8 Å². The van der Waals surface area contributed by atoms with Crippen LogP contribution in [0.3, 0.4) is 0 Å². The number of nitrogens with one attached hydrogen (secondary N) is 1. The summed E-state index contributed by atoms with van der Waals surface area (Å²) in [5.74, 6) is 2.03. The van der Waals surface area contributed by atoms with Crippen LogP contribution in [0.4, 0.5) is 5.95 Å². The number of fused-ring (bicyclic) bond motifs is 1. The summed E-state index contributed by atoms with van der Waals surface area (Å²) in [4.78, 5) is 16.7. The molecule has 3 N–H and O–H groups in total. The van der Waals surface area contributed by atoms with E-state index < -0.39 is 0 Å². The van der Waals surface area contributed by atoms with Gasteiger partial charge in [-0.05, 0) is 32.0 Å². The third kappa shape index (κ3) is 3.70. The van der Waals surface area contributed by atoms with Crippen molar-refractivity contribution in [1.29, 1.82) is 0 Å². The molecule has 9 heteroatoms. The number of carbonyl (C=O) groups excluding carboxylic acids is 1. The summed E-state index contributed by atoms with van der Waals surface area (Å²) in [6, 6.07) is 9.56. The molecule has 1 aliphatic rings. The maximum atomic E-state index is 12.7. The number of para-hydroxylation sites is 2. The SMILES string of the molecule is Cc1cc(C(=O)CSc2n[nH]c(N)n2)c(C)n1C[C@@H]1COc2ccccc2O1. The molecule has 146 valence electrons. The number of aromatic nitrogens is 4. The summed E-state index contributed by atoms with van der Waals surface area (Å²) in [7, 11) is 0. The summed E-state index contributed by atoms with van der Waals surface area (Å²) in [5, 5.41) is 6.96. The molecule has 0 aliphatic carbocycles. The number of hydrogen-bond acceptors (Lipinski definition) is 7. The number of ether oxygens (including phenoxy) is 2. The third-order valence-corrected chi connectivity index (χ3v) is 5.49. The maximum absolute atomic E-state index is 12.7. The fourth-order valence-electron chi connectivity index (χ4n) is 3.25. The predicted molar refractivity (Wildman–Crippen MR) is 106 cm³/mol. The van der Waals surface area contributed by atoms with Crippen molar-refractivity contribution in [2.45, 2.75) is 31.7 Å². The summed E-state index contributed by atoms with van der Waals surface area (Å²) < 4.78 is 14.0. The number of anilines is 1. The molecule has 0 bridgehead atoms. The van der Waals surface area contributed by atoms with Gasteiger partial charge in [0.15, 0.2) is 23.4 Å². The monoisotopic (exact) mass is 399 g/mol. The Hall–Kier alpha value is -2.94. The molecule has 0 saturated carbocycles. The summed E-state index contributed by atoms with van der Waals surface area (Å²) >= 11 is 1.26. The molecule has 0 saturated heterocycles. The van der Waals surface area contributed by atoms with Crippen LogP contribution in [0.2, 0.25) is 0 Å². The van der Waals surface area contributed by atoms with Crippen LogP contribution in [0.25, 0.3) is 0 Å². The van der Waals surface area contributed by atoms with Crippen LogP contribution in [0, 0.1) is 13.8 Å². The van der Waals surface area contributed by atoms with E-state index in [4.69, 9.17) is 15.2 Å². The highest BCUT2D eigenvalue weighted by atomic mass is 32.2. The number of ketones is 1. The highest BCUT2D eigenvalue weighted by molar-refractivity contribution is 7.99. The lowest BCUT2D eigenvalue weighted by Gasteiger charge is -2.27. The molecule has 1 aromatic carbocycles. The molecule has 0 unspecified atom stereocenters. The second-order valence-electron chi connectivity index (χ2n) is 6.61. The van der Waals surface area contributed by atoms with Gasteiger partial charge < -0.3 is 19.8 Å². The Kier molecular flexibility index (Phi) is 4.99. The van der Waals surface area contributed by atoms with E-state index in [2.05, 4.69) is 19.7 Å². The van der Waals surface area contributed by atoms with E-state index in [0.717, 1.165) is 22.9 Å². The normalized spacial score (nSPS) is 15.6. The van der Waals surface area contributed by atoms with Crippen molar-refractivity contribution in [1.82, 2.24) is 19.7 Å². The average molecular weight is 399 g/mol. The number of benzene rings is 1. The minimum Gasteiger partial charge on any atom is -0.486 e. The molecule has 1 aliphatic heterocycles. The van der Waals surface area contributed by atoms with Crippen LogP contribution in [-0.2, 0) is 6.54 Å². The number of aryl methyl sites for hydroxylation is 1. The van der Waals surface area contributed by atoms with Crippen LogP contribution in [-0.4, -0.2) is 44.0 Å². The van der Waals surface area contributed by atoms with Crippen LogP contribution < -0.4 is 15.2 Å². The first-order valence-corrected chi connectivity index (χ1v) is 9.89. The first-order chi connectivity index (χ1) is 13.5. The van der Waals surface area contributed by atoms with Crippen molar-refractivity contribution < 1.29 is 14.3 Å². The van der Waals surface area contributed by atoms with Crippen molar-refractivity contribution in [3.05, 3.63) is 47.3 Å². The van der Waals surface area contributed by atoms with Crippen molar-refractivity contribution in [3.63, 3.8) is 0 Å². The lowest BCUT2D eigenvalue weighted by molar-refractivity contribution is 0.0777. The van der Waals surface area contributed by atoms with E-state index in [-0.39, 0.29) is 23.6 Å². The zero-order chi connectivity index (χ0) is 19.7. The van der Waals surface area contributed by atoms with E-state index >= 15 is 0 Å². The number of nitrogens with zero attached hydrogens (tertiary/aromatic N) is 3. The van der Waals surface area contributed by atoms with Crippen molar-refractivity contribution >= 4 is 23.5 Å². The summed E-state index contributed by atoms with van der Waals surface area (Å²) in [6.45, 7) is 5.03. The Morgan fingerprint density at radius 3 is 2.89 bits per heavy atom. The zero-order valence-electron chi connectivity index (χ0n) is 15.6. The number of carbonyl (C=O) groups is 1. The summed E-state index contributed by atoms with van der Waals surface area (Å²) in [6.07, 6.45) is -0.117. The highest BCUT2D eigenvalue weighted by Crippen LogP contribution is 2.31. The maximum Gasteiger partial charge on any atom is 0.216 e. The number of Topliss-reactive ketones (excluding diaryl/α,β-unsaturated/α-hetero) is 1. The molecule has 0 amide bonds. The molecule has 0 radical (unpaired) electrons. The Balaban J connectivity index is 1.44. The molecule has 1 atom stereocenters. The molecule has 28 heavy (non-hydrogen) atoms. The van der Waals surface area contributed by atoms with E-state index in [0.29, 0.717) is 23.9 Å². The largest absolute Gasteiger partial charge is 0.486 e. The zero-order valence-corrected chi connectivity index (χ0v) is 16.5. The lowest BCUT2D eigenvalue weighted by Crippen LogP contribution is -2.33. The fourth-order valence-corrected chi connectivity index (χ4v) is 3.94.